The fourth-order valence-corrected chi connectivity index (χ4v) is 3.81. The molecule has 6 heteroatoms. The number of fused-ring (bicyclic) bond motifs is 1. The largest absolute Gasteiger partial charge is 0.396 e. The standard InChI is InChI=1S/C22H21FN4O/c1-2-27-12-15(10-24)22(28)19-18(27)8-14(20(23)21(19)25)11-26-17-9-16(17)13-6-4-3-5-7-13/h3-8,12,16-17,26H,2,9,11,25H2,1H3. The van der Waals surface area contributed by atoms with E-state index in [9.17, 15) is 14.4 Å². The van der Waals surface area contributed by atoms with Crippen molar-refractivity contribution in [2.24, 2.45) is 0 Å². The van der Waals surface area contributed by atoms with E-state index in [1.165, 1.54) is 11.8 Å². The molecule has 2 aromatic carbocycles. The van der Waals surface area contributed by atoms with Gasteiger partial charge in [-0.15, -0.1) is 0 Å². The van der Waals surface area contributed by atoms with Crippen LogP contribution in [0.5, 0.6) is 0 Å². The molecule has 3 aromatic rings. The molecule has 0 saturated heterocycles. The van der Waals surface area contributed by atoms with Crippen molar-refractivity contribution in [3.05, 3.63) is 75.3 Å². The molecule has 1 heterocycles. The number of hydrogen-bond acceptors (Lipinski definition) is 4. The lowest BCUT2D eigenvalue weighted by atomic mass is 10.0. The smallest absolute Gasteiger partial charge is 0.209 e. The van der Waals surface area contributed by atoms with E-state index in [0.29, 0.717) is 36.1 Å². The summed E-state index contributed by atoms with van der Waals surface area (Å²) in [5.74, 6) is -0.152. The number of pyridine rings is 1. The van der Waals surface area contributed by atoms with Crippen LogP contribution >= 0.6 is 0 Å². The van der Waals surface area contributed by atoms with Crippen LogP contribution in [0.2, 0.25) is 0 Å². The number of aromatic nitrogens is 1. The van der Waals surface area contributed by atoms with E-state index in [0.717, 1.165) is 6.42 Å². The highest BCUT2D eigenvalue weighted by Crippen LogP contribution is 2.41. The number of benzene rings is 2. The van der Waals surface area contributed by atoms with Gasteiger partial charge in [-0.1, -0.05) is 30.3 Å². The molecule has 0 bridgehead atoms. The van der Waals surface area contributed by atoms with E-state index in [2.05, 4.69) is 17.4 Å². The van der Waals surface area contributed by atoms with Gasteiger partial charge in [0.15, 0.2) is 5.82 Å². The van der Waals surface area contributed by atoms with Gasteiger partial charge in [0.05, 0.1) is 16.6 Å². The SMILES string of the molecule is CCn1cc(C#N)c(=O)c2c(N)c(F)c(CNC3CC3c3ccccc3)cc21. The molecule has 0 radical (unpaired) electrons. The number of nitrogens with one attached hydrogen (secondary N) is 1. The van der Waals surface area contributed by atoms with Crippen LogP contribution in [-0.4, -0.2) is 10.6 Å². The van der Waals surface area contributed by atoms with Crippen molar-refractivity contribution in [1.82, 2.24) is 9.88 Å². The normalized spacial score (nSPS) is 18.2. The van der Waals surface area contributed by atoms with Gasteiger partial charge >= 0.3 is 0 Å². The summed E-state index contributed by atoms with van der Waals surface area (Å²) in [6, 6.07) is 14.1. The van der Waals surface area contributed by atoms with Gasteiger partial charge in [0.1, 0.15) is 11.6 Å². The summed E-state index contributed by atoms with van der Waals surface area (Å²) in [5.41, 5.74) is 7.50. The molecule has 1 aromatic heterocycles. The fraction of sp³-hybridized carbons (Fsp3) is 0.273. The molecule has 1 saturated carbocycles. The van der Waals surface area contributed by atoms with Crippen molar-refractivity contribution in [1.29, 1.82) is 5.26 Å². The lowest BCUT2D eigenvalue weighted by molar-refractivity contribution is 0.589. The van der Waals surface area contributed by atoms with E-state index >= 15 is 0 Å². The lowest BCUT2D eigenvalue weighted by Crippen LogP contribution is -2.20. The first kappa shape index (κ1) is 18.2. The highest BCUT2D eigenvalue weighted by molar-refractivity contribution is 5.92. The molecule has 142 valence electrons. The third-order valence-corrected chi connectivity index (χ3v) is 5.45. The first-order chi connectivity index (χ1) is 13.5. The predicted molar refractivity (Wildman–Crippen MR) is 107 cm³/mol. The maximum atomic E-state index is 14.9. The molecule has 0 amide bonds. The van der Waals surface area contributed by atoms with Crippen LogP contribution in [0.15, 0.2) is 47.4 Å². The maximum Gasteiger partial charge on any atom is 0.209 e. The minimum Gasteiger partial charge on any atom is -0.396 e. The molecule has 3 N–H and O–H groups in total. The maximum absolute atomic E-state index is 14.9. The Hall–Kier alpha value is -3.17. The Balaban J connectivity index is 1.65. The predicted octanol–water partition coefficient (Wildman–Crippen LogP) is 3.26. The quantitative estimate of drug-likeness (QED) is 0.670. The van der Waals surface area contributed by atoms with Gasteiger partial charge in [0, 0.05) is 36.8 Å². The molecule has 0 spiro atoms. The number of hydrogen-bond donors (Lipinski definition) is 2. The first-order valence-electron chi connectivity index (χ1n) is 9.37. The molecule has 2 atom stereocenters. The molecule has 1 aliphatic carbocycles. The number of nitrogen functional groups attached to an aromatic ring is 1. The summed E-state index contributed by atoms with van der Waals surface area (Å²) in [7, 11) is 0. The van der Waals surface area contributed by atoms with E-state index in [-0.39, 0.29) is 16.6 Å². The minimum atomic E-state index is -0.591. The van der Waals surface area contributed by atoms with Gasteiger partial charge in [-0.2, -0.15) is 5.26 Å². The second-order valence-corrected chi connectivity index (χ2v) is 7.17. The molecule has 28 heavy (non-hydrogen) atoms. The van der Waals surface area contributed by atoms with Gasteiger partial charge in [0.25, 0.3) is 0 Å². The molecule has 2 unspecified atom stereocenters. The molecular weight excluding hydrogens is 355 g/mol. The highest BCUT2D eigenvalue weighted by atomic mass is 19.1. The minimum absolute atomic E-state index is 0.0324. The van der Waals surface area contributed by atoms with Crippen LogP contribution in [0.4, 0.5) is 10.1 Å². The Kier molecular flexibility index (Phi) is 4.62. The number of nitrogens with zero attached hydrogens (tertiary/aromatic N) is 2. The third-order valence-electron chi connectivity index (χ3n) is 5.45. The molecule has 1 fully saturated rings. The van der Waals surface area contributed by atoms with Crippen molar-refractivity contribution in [3.63, 3.8) is 0 Å². The molecule has 4 rings (SSSR count). The third kappa shape index (κ3) is 3.04. The Morgan fingerprint density at radius 1 is 1.36 bits per heavy atom. The Bertz CT molecular complexity index is 1150. The molecule has 0 aliphatic heterocycles. The van der Waals surface area contributed by atoms with Gasteiger partial charge in [-0.05, 0) is 25.0 Å². The number of nitriles is 1. The molecule has 5 nitrogen and oxygen atoms in total. The van der Waals surface area contributed by atoms with Gasteiger partial charge < -0.3 is 15.6 Å². The average Bonchev–Trinajstić information content (AvgIpc) is 3.50. The molecule has 1 aliphatic rings. The second-order valence-electron chi connectivity index (χ2n) is 7.17. The molecular formula is C22H21FN4O. The fourth-order valence-electron chi connectivity index (χ4n) is 3.81. The van der Waals surface area contributed by atoms with Crippen molar-refractivity contribution in [3.8, 4) is 6.07 Å². The van der Waals surface area contributed by atoms with Crippen LogP contribution in [0.25, 0.3) is 10.9 Å². The van der Waals surface area contributed by atoms with Crippen molar-refractivity contribution in [2.75, 3.05) is 5.73 Å². The summed E-state index contributed by atoms with van der Waals surface area (Å²) in [4.78, 5) is 12.5. The van der Waals surface area contributed by atoms with E-state index in [4.69, 9.17) is 5.73 Å². The number of aryl methyl sites for hydroxylation is 1. The van der Waals surface area contributed by atoms with E-state index in [1.54, 1.807) is 10.6 Å². The van der Waals surface area contributed by atoms with Gasteiger partial charge in [0.2, 0.25) is 5.43 Å². The summed E-state index contributed by atoms with van der Waals surface area (Å²) in [6.45, 7) is 2.77. The summed E-state index contributed by atoms with van der Waals surface area (Å²) in [5, 5.41) is 12.6. The zero-order chi connectivity index (χ0) is 19.8. The van der Waals surface area contributed by atoms with Crippen molar-refractivity contribution in [2.45, 2.75) is 38.4 Å². The van der Waals surface area contributed by atoms with Crippen molar-refractivity contribution < 1.29 is 4.39 Å². The van der Waals surface area contributed by atoms with Crippen LogP contribution < -0.4 is 16.5 Å². The van der Waals surface area contributed by atoms with Crippen LogP contribution in [-0.2, 0) is 13.1 Å². The number of anilines is 1. The summed E-state index contributed by atoms with van der Waals surface area (Å²) in [6.07, 6.45) is 2.52. The van der Waals surface area contributed by atoms with Gasteiger partial charge in [-0.3, -0.25) is 4.79 Å². The topological polar surface area (TPSA) is 83.8 Å². The van der Waals surface area contributed by atoms with Crippen LogP contribution in [0.3, 0.4) is 0 Å². The van der Waals surface area contributed by atoms with E-state index < -0.39 is 11.2 Å². The monoisotopic (exact) mass is 376 g/mol. The second kappa shape index (κ2) is 7.10. The lowest BCUT2D eigenvalue weighted by Gasteiger charge is -2.15. The number of halogens is 1. The van der Waals surface area contributed by atoms with Crippen LogP contribution in [0.1, 0.15) is 36.0 Å². The summed E-state index contributed by atoms with van der Waals surface area (Å²) < 4.78 is 16.6. The Labute approximate surface area is 162 Å². The average molecular weight is 376 g/mol. The zero-order valence-electron chi connectivity index (χ0n) is 15.6. The number of nitrogens with two attached hydrogens (primary N) is 1. The highest BCUT2D eigenvalue weighted by Gasteiger charge is 2.37. The van der Waals surface area contributed by atoms with E-state index in [1.807, 2.05) is 31.2 Å². The Morgan fingerprint density at radius 3 is 2.79 bits per heavy atom. The number of rotatable bonds is 5. The van der Waals surface area contributed by atoms with Crippen molar-refractivity contribution >= 4 is 16.6 Å². The summed E-state index contributed by atoms with van der Waals surface area (Å²) >= 11 is 0. The van der Waals surface area contributed by atoms with Crippen LogP contribution in [0, 0.1) is 17.1 Å². The van der Waals surface area contributed by atoms with Gasteiger partial charge in [-0.25, -0.2) is 4.39 Å². The first-order valence-corrected chi connectivity index (χ1v) is 9.37. The zero-order valence-corrected chi connectivity index (χ0v) is 15.6. The Morgan fingerprint density at radius 2 is 2.11 bits per heavy atom.